The minimum atomic E-state index is -0.0100. The average Bonchev–Trinajstić information content (AvgIpc) is 3.66. The molecule has 1 heterocycles. The second-order valence-electron chi connectivity index (χ2n) is 9.71. The first-order valence-corrected chi connectivity index (χ1v) is 13.4. The van der Waals surface area contributed by atoms with Crippen molar-refractivity contribution in [3.63, 3.8) is 0 Å². The van der Waals surface area contributed by atoms with Gasteiger partial charge in [-0.2, -0.15) is 0 Å². The minimum absolute atomic E-state index is 0.00920. The molecule has 1 aromatic heterocycles. The van der Waals surface area contributed by atoms with Gasteiger partial charge in [0.25, 0.3) is 0 Å². The normalized spacial score (nSPS) is 13.2. The number of hydrogen-bond donors (Lipinski definition) is 1. The fourth-order valence-electron chi connectivity index (χ4n) is 4.86. The molecule has 4 rings (SSSR count). The van der Waals surface area contributed by atoms with Gasteiger partial charge in [0.2, 0.25) is 11.8 Å². The van der Waals surface area contributed by atoms with Crippen molar-refractivity contribution in [2.75, 3.05) is 19.7 Å². The van der Waals surface area contributed by atoms with Crippen molar-refractivity contribution in [1.29, 1.82) is 0 Å². The number of aromatic nitrogens is 1. The van der Waals surface area contributed by atoms with E-state index in [9.17, 15) is 9.59 Å². The van der Waals surface area contributed by atoms with Crippen LogP contribution in [0.2, 0.25) is 0 Å². The Labute approximate surface area is 214 Å². The molecule has 0 atom stereocenters. The molecule has 0 bridgehead atoms. The molecule has 1 aliphatic carbocycles. The van der Waals surface area contributed by atoms with E-state index in [1.165, 1.54) is 10.9 Å². The van der Waals surface area contributed by atoms with Crippen molar-refractivity contribution in [3.8, 4) is 5.75 Å². The maximum Gasteiger partial charge on any atom is 0.242 e. The fourth-order valence-corrected chi connectivity index (χ4v) is 4.86. The third kappa shape index (κ3) is 6.28. The van der Waals surface area contributed by atoms with Crippen LogP contribution in [0.3, 0.4) is 0 Å². The third-order valence-corrected chi connectivity index (χ3v) is 7.20. The Balaban J connectivity index is 1.51. The predicted octanol–water partition coefficient (Wildman–Crippen LogP) is 5.57. The molecule has 0 saturated heterocycles. The molecule has 0 aliphatic heterocycles. The van der Waals surface area contributed by atoms with Crippen molar-refractivity contribution in [2.45, 2.75) is 65.5 Å². The van der Waals surface area contributed by atoms with Crippen LogP contribution in [0.15, 0.2) is 54.7 Å². The van der Waals surface area contributed by atoms with Crippen LogP contribution in [-0.4, -0.2) is 52.3 Å². The van der Waals surface area contributed by atoms with E-state index in [4.69, 9.17) is 4.74 Å². The van der Waals surface area contributed by atoms with Crippen LogP contribution in [0.1, 0.15) is 57.6 Å². The van der Waals surface area contributed by atoms with E-state index in [0.717, 1.165) is 48.9 Å². The first kappa shape index (κ1) is 25.8. The molecule has 6 nitrogen and oxygen atoms in total. The molecular weight excluding hydrogens is 450 g/mol. The molecule has 192 valence electrons. The molecule has 36 heavy (non-hydrogen) atoms. The van der Waals surface area contributed by atoms with Crippen molar-refractivity contribution in [2.24, 2.45) is 5.92 Å². The van der Waals surface area contributed by atoms with Gasteiger partial charge in [-0.25, -0.2) is 0 Å². The number of benzene rings is 2. The molecule has 1 fully saturated rings. The molecular formula is C30H39N3O3. The summed E-state index contributed by atoms with van der Waals surface area (Å²) in [5.74, 6) is 0.959. The van der Waals surface area contributed by atoms with E-state index in [1.54, 1.807) is 0 Å². The number of fused-ring (bicyclic) bond motifs is 1. The molecule has 2 aromatic carbocycles. The molecule has 1 saturated carbocycles. The van der Waals surface area contributed by atoms with Crippen molar-refractivity contribution in [1.82, 2.24) is 14.8 Å². The van der Waals surface area contributed by atoms with E-state index in [0.29, 0.717) is 19.7 Å². The summed E-state index contributed by atoms with van der Waals surface area (Å²) >= 11 is 0. The maximum absolute atomic E-state index is 13.7. The zero-order valence-corrected chi connectivity index (χ0v) is 21.8. The summed E-state index contributed by atoms with van der Waals surface area (Å²) in [6.45, 7) is 7.95. The highest BCUT2D eigenvalue weighted by atomic mass is 16.5. The summed E-state index contributed by atoms with van der Waals surface area (Å²) < 4.78 is 5.58. The summed E-state index contributed by atoms with van der Waals surface area (Å²) in [7, 11) is 0. The number of H-pyrrole nitrogens is 1. The number of hydrogen-bond acceptors (Lipinski definition) is 3. The van der Waals surface area contributed by atoms with Gasteiger partial charge in [-0.3, -0.25) is 9.59 Å². The highest BCUT2D eigenvalue weighted by molar-refractivity contribution is 5.87. The number of rotatable bonds is 13. The van der Waals surface area contributed by atoms with Crippen molar-refractivity contribution >= 4 is 22.7 Å². The van der Waals surface area contributed by atoms with Gasteiger partial charge in [-0.1, -0.05) is 44.2 Å². The van der Waals surface area contributed by atoms with Gasteiger partial charge in [0.15, 0.2) is 0 Å². The van der Waals surface area contributed by atoms with E-state index < -0.39 is 0 Å². The Morgan fingerprint density at radius 2 is 1.75 bits per heavy atom. The van der Waals surface area contributed by atoms with E-state index >= 15 is 0 Å². The van der Waals surface area contributed by atoms with Crippen LogP contribution in [0.5, 0.6) is 5.75 Å². The minimum Gasteiger partial charge on any atom is -0.494 e. The molecule has 1 N–H and O–H groups in total. The third-order valence-electron chi connectivity index (χ3n) is 7.20. The first-order chi connectivity index (χ1) is 17.5. The van der Waals surface area contributed by atoms with Gasteiger partial charge in [0.05, 0.1) is 6.61 Å². The van der Waals surface area contributed by atoms with Crippen molar-refractivity contribution < 1.29 is 14.3 Å². The number of aromatic amines is 1. The zero-order valence-electron chi connectivity index (χ0n) is 21.8. The number of carbonyl (C=O) groups is 2. The monoisotopic (exact) mass is 489 g/mol. The molecule has 1 aliphatic rings. The second kappa shape index (κ2) is 12.1. The Hall–Kier alpha value is -3.28. The van der Waals surface area contributed by atoms with Gasteiger partial charge in [0.1, 0.15) is 12.3 Å². The molecule has 6 heteroatoms. The van der Waals surface area contributed by atoms with Crippen LogP contribution in [-0.2, 0) is 22.6 Å². The SMILES string of the molecule is CCOc1ccc(CN(CCc2c[nH]c3ccccc23)C(=O)CN(C(=O)C(CC)CC)C2CC2)cc1. The van der Waals surface area contributed by atoms with Crippen LogP contribution in [0.4, 0.5) is 0 Å². The summed E-state index contributed by atoms with van der Waals surface area (Å²) in [5, 5.41) is 1.19. The molecule has 2 amide bonds. The first-order valence-electron chi connectivity index (χ1n) is 13.4. The lowest BCUT2D eigenvalue weighted by Gasteiger charge is -2.30. The largest absolute Gasteiger partial charge is 0.494 e. The van der Waals surface area contributed by atoms with Crippen LogP contribution >= 0.6 is 0 Å². The predicted molar refractivity (Wildman–Crippen MR) is 144 cm³/mol. The summed E-state index contributed by atoms with van der Waals surface area (Å²) in [6, 6.07) is 16.4. The Kier molecular flexibility index (Phi) is 8.68. The summed E-state index contributed by atoms with van der Waals surface area (Å²) in [6.07, 6.45) is 6.39. The van der Waals surface area contributed by atoms with Crippen LogP contribution in [0.25, 0.3) is 10.9 Å². The average molecular weight is 490 g/mol. The standard InChI is InChI=1S/C30H39N3O3/c1-4-23(5-2)30(35)33(25-13-14-25)21-29(34)32(20-22-11-15-26(16-12-22)36-6-3)18-17-24-19-31-28-10-8-7-9-27(24)28/h7-12,15-16,19,23,25,31H,4-6,13-14,17-18,20-21H2,1-3H3. The molecule has 0 radical (unpaired) electrons. The van der Waals surface area contributed by atoms with Gasteiger partial charge in [-0.15, -0.1) is 0 Å². The van der Waals surface area contributed by atoms with Crippen LogP contribution in [0, 0.1) is 5.92 Å². The van der Waals surface area contributed by atoms with Gasteiger partial charge < -0.3 is 19.5 Å². The number of nitrogens with one attached hydrogen (secondary N) is 1. The van der Waals surface area contributed by atoms with Gasteiger partial charge >= 0.3 is 0 Å². The molecule has 3 aromatic rings. The van der Waals surface area contributed by atoms with Crippen molar-refractivity contribution in [3.05, 3.63) is 65.9 Å². The topological polar surface area (TPSA) is 65.6 Å². The summed E-state index contributed by atoms with van der Waals surface area (Å²) in [4.78, 5) is 34.0. The van der Waals surface area contributed by atoms with E-state index in [1.807, 2.05) is 59.3 Å². The van der Waals surface area contributed by atoms with E-state index in [-0.39, 0.29) is 30.3 Å². The Morgan fingerprint density at radius 1 is 1.03 bits per heavy atom. The molecule has 0 spiro atoms. The lowest BCUT2D eigenvalue weighted by molar-refractivity contribution is -0.144. The molecule has 0 unspecified atom stereocenters. The lowest BCUT2D eigenvalue weighted by atomic mass is 10.0. The highest BCUT2D eigenvalue weighted by Crippen LogP contribution is 2.29. The maximum atomic E-state index is 13.7. The summed E-state index contributed by atoms with van der Waals surface area (Å²) in [5.41, 5.74) is 3.35. The zero-order chi connectivity index (χ0) is 25.5. The Morgan fingerprint density at radius 3 is 2.42 bits per heavy atom. The van der Waals surface area contributed by atoms with Gasteiger partial charge in [0, 0.05) is 42.1 Å². The number of ether oxygens (including phenoxy) is 1. The highest BCUT2D eigenvalue weighted by Gasteiger charge is 2.36. The fraction of sp³-hybridized carbons (Fsp3) is 0.467. The smallest absolute Gasteiger partial charge is 0.242 e. The number of amides is 2. The van der Waals surface area contributed by atoms with Crippen LogP contribution < -0.4 is 4.74 Å². The quantitative estimate of drug-likeness (QED) is 0.342. The van der Waals surface area contributed by atoms with E-state index in [2.05, 4.69) is 31.0 Å². The number of nitrogens with zero attached hydrogens (tertiary/aromatic N) is 2. The lowest BCUT2D eigenvalue weighted by Crippen LogP contribution is -2.46. The Bertz CT molecular complexity index is 1150. The number of para-hydroxylation sites is 1. The van der Waals surface area contributed by atoms with Gasteiger partial charge in [-0.05, 0) is 68.4 Å². The number of carbonyl (C=O) groups excluding carboxylic acids is 2. The second-order valence-corrected chi connectivity index (χ2v) is 9.71.